The van der Waals surface area contributed by atoms with Gasteiger partial charge in [-0.1, -0.05) is 11.6 Å². The Morgan fingerprint density at radius 2 is 2.11 bits per heavy atom. The Hall–Kier alpha value is -1.04. The lowest BCUT2D eigenvalue weighted by Crippen LogP contribution is -2.18. The second-order valence-electron chi connectivity index (χ2n) is 4.06. The van der Waals surface area contributed by atoms with Crippen LogP contribution in [-0.4, -0.2) is 15.5 Å². The molecule has 2 rings (SSSR count). The van der Waals surface area contributed by atoms with Crippen molar-refractivity contribution in [1.29, 1.82) is 0 Å². The van der Waals surface area contributed by atoms with Crippen LogP contribution in [0.25, 0.3) is 0 Å². The van der Waals surface area contributed by atoms with E-state index in [9.17, 15) is 4.39 Å². The first-order valence-corrected chi connectivity index (χ1v) is 7.33. The van der Waals surface area contributed by atoms with E-state index in [4.69, 9.17) is 17.3 Å². The second kappa shape index (κ2) is 6.41. The summed E-state index contributed by atoms with van der Waals surface area (Å²) in [5.74, 6) is 0.428. The molecule has 0 aliphatic rings. The van der Waals surface area contributed by atoms with Crippen molar-refractivity contribution in [2.45, 2.75) is 24.4 Å². The summed E-state index contributed by atoms with van der Waals surface area (Å²) in [4.78, 5) is 0.982. The molecule has 102 valence electrons. The van der Waals surface area contributed by atoms with Gasteiger partial charge in [0, 0.05) is 17.2 Å². The van der Waals surface area contributed by atoms with Crippen LogP contribution >= 0.6 is 23.4 Å². The van der Waals surface area contributed by atoms with Gasteiger partial charge in [0.1, 0.15) is 5.82 Å². The van der Waals surface area contributed by atoms with Gasteiger partial charge in [0.2, 0.25) is 0 Å². The Balaban J connectivity index is 2.03. The molecule has 1 aromatic heterocycles. The fraction of sp³-hybridized carbons (Fsp3) is 0.308. The molecule has 0 bridgehead atoms. The Bertz CT molecular complexity index is 541. The Kier molecular flexibility index (Phi) is 4.85. The van der Waals surface area contributed by atoms with E-state index < -0.39 is 0 Å². The fourth-order valence-electron chi connectivity index (χ4n) is 1.79. The lowest BCUT2D eigenvalue weighted by molar-refractivity contribution is 0.593. The molecule has 0 aliphatic heterocycles. The Morgan fingerprint density at radius 1 is 1.42 bits per heavy atom. The van der Waals surface area contributed by atoms with Gasteiger partial charge in [-0.25, -0.2) is 4.39 Å². The van der Waals surface area contributed by atoms with E-state index in [1.165, 1.54) is 12.1 Å². The van der Waals surface area contributed by atoms with Gasteiger partial charge < -0.3 is 5.73 Å². The molecule has 1 atom stereocenters. The standard InChI is InChI=1S/C13H15ClFN3S/c1-2-18-13(11(14)7-17-18)12(16)8-19-10-5-3-9(15)4-6-10/h3-7,12H,2,8,16H2,1H3. The average molecular weight is 300 g/mol. The molecule has 2 N–H and O–H groups in total. The highest BCUT2D eigenvalue weighted by Gasteiger charge is 2.16. The van der Waals surface area contributed by atoms with Crippen LogP contribution in [0.5, 0.6) is 0 Å². The number of rotatable bonds is 5. The quantitative estimate of drug-likeness (QED) is 0.860. The van der Waals surface area contributed by atoms with Crippen molar-refractivity contribution >= 4 is 23.4 Å². The number of nitrogens with two attached hydrogens (primary N) is 1. The van der Waals surface area contributed by atoms with Crippen molar-refractivity contribution in [2.75, 3.05) is 5.75 Å². The molecular formula is C13H15ClFN3S. The number of halogens is 2. The van der Waals surface area contributed by atoms with E-state index in [1.807, 2.05) is 6.92 Å². The van der Waals surface area contributed by atoms with Crippen LogP contribution in [0, 0.1) is 5.82 Å². The molecule has 0 saturated heterocycles. The maximum atomic E-state index is 12.8. The molecule has 19 heavy (non-hydrogen) atoms. The maximum Gasteiger partial charge on any atom is 0.123 e. The SMILES string of the molecule is CCn1ncc(Cl)c1C(N)CSc1ccc(F)cc1. The van der Waals surface area contributed by atoms with Gasteiger partial charge >= 0.3 is 0 Å². The number of benzene rings is 1. The summed E-state index contributed by atoms with van der Waals surface area (Å²) in [6, 6.07) is 6.16. The molecule has 0 aliphatic carbocycles. The highest BCUT2D eigenvalue weighted by molar-refractivity contribution is 7.99. The third-order valence-corrected chi connectivity index (χ3v) is 4.15. The average Bonchev–Trinajstić information content (AvgIpc) is 2.79. The fourth-order valence-corrected chi connectivity index (χ4v) is 2.93. The minimum absolute atomic E-state index is 0.204. The van der Waals surface area contributed by atoms with Gasteiger partial charge in [0.15, 0.2) is 0 Å². The summed E-state index contributed by atoms with van der Waals surface area (Å²) in [5.41, 5.74) is 7.00. The predicted octanol–water partition coefficient (Wildman–Crippen LogP) is 3.49. The number of aryl methyl sites for hydroxylation is 1. The van der Waals surface area contributed by atoms with E-state index >= 15 is 0 Å². The molecule has 2 aromatic rings. The number of thioether (sulfide) groups is 1. The lowest BCUT2D eigenvalue weighted by atomic mass is 10.2. The molecule has 1 aromatic carbocycles. The Labute approximate surface area is 120 Å². The first-order chi connectivity index (χ1) is 9.11. The number of aromatic nitrogens is 2. The highest BCUT2D eigenvalue weighted by Crippen LogP contribution is 2.27. The first kappa shape index (κ1) is 14.4. The molecule has 6 heteroatoms. The summed E-state index contributed by atoms with van der Waals surface area (Å²) in [6.07, 6.45) is 1.61. The number of hydrogen-bond donors (Lipinski definition) is 1. The minimum atomic E-state index is -0.235. The minimum Gasteiger partial charge on any atom is -0.322 e. The molecular weight excluding hydrogens is 285 g/mol. The van der Waals surface area contributed by atoms with Crippen LogP contribution < -0.4 is 5.73 Å². The summed E-state index contributed by atoms with van der Waals surface area (Å²) in [7, 11) is 0. The van der Waals surface area contributed by atoms with Crippen LogP contribution in [0.1, 0.15) is 18.7 Å². The van der Waals surface area contributed by atoms with Crippen LogP contribution in [0.15, 0.2) is 35.4 Å². The molecule has 0 saturated carbocycles. The zero-order chi connectivity index (χ0) is 13.8. The number of hydrogen-bond acceptors (Lipinski definition) is 3. The molecule has 1 heterocycles. The monoisotopic (exact) mass is 299 g/mol. The van der Waals surface area contributed by atoms with E-state index in [1.54, 1.807) is 34.8 Å². The first-order valence-electron chi connectivity index (χ1n) is 5.97. The molecule has 0 amide bonds. The highest BCUT2D eigenvalue weighted by atomic mass is 35.5. The van der Waals surface area contributed by atoms with Crippen LogP contribution in [-0.2, 0) is 6.54 Å². The van der Waals surface area contributed by atoms with Gasteiger partial charge in [-0.05, 0) is 31.2 Å². The van der Waals surface area contributed by atoms with Crippen LogP contribution in [0.3, 0.4) is 0 Å². The van der Waals surface area contributed by atoms with Gasteiger partial charge in [-0.2, -0.15) is 5.10 Å². The zero-order valence-corrected chi connectivity index (χ0v) is 12.1. The smallest absolute Gasteiger partial charge is 0.123 e. The normalized spacial score (nSPS) is 12.6. The lowest BCUT2D eigenvalue weighted by Gasteiger charge is -2.13. The van der Waals surface area contributed by atoms with Crippen molar-refractivity contribution in [3.8, 4) is 0 Å². The topological polar surface area (TPSA) is 43.8 Å². The van der Waals surface area contributed by atoms with Crippen molar-refractivity contribution in [2.24, 2.45) is 5.73 Å². The van der Waals surface area contributed by atoms with E-state index in [0.717, 1.165) is 17.1 Å². The molecule has 0 fully saturated rings. The van der Waals surface area contributed by atoms with E-state index in [2.05, 4.69) is 5.10 Å². The molecule has 1 unspecified atom stereocenters. The van der Waals surface area contributed by atoms with Crippen molar-refractivity contribution in [1.82, 2.24) is 9.78 Å². The number of nitrogens with zero attached hydrogens (tertiary/aromatic N) is 2. The van der Waals surface area contributed by atoms with Crippen molar-refractivity contribution < 1.29 is 4.39 Å². The summed E-state index contributed by atoms with van der Waals surface area (Å²) in [6.45, 7) is 2.73. The third kappa shape index (κ3) is 3.49. The molecule has 0 radical (unpaired) electrons. The van der Waals surface area contributed by atoms with Crippen molar-refractivity contribution in [3.63, 3.8) is 0 Å². The summed E-state index contributed by atoms with van der Waals surface area (Å²) < 4.78 is 14.6. The van der Waals surface area contributed by atoms with Crippen molar-refractivity contribution in [3.05, 3.63) is 47.0 Å². The molecule has 0 spiro atoms. The maximum absolute atomic E-state index is 12.8. The second-order valence-corrected chi connectivity index (χ2v) is 5.57. The molecule has 3 nitrogen and oxygen atoms in total. The van der Waals surface area contributed by atoms with E-state index in [0.29, 0.717) is 10.8 Å². The van der Waals surface area contributed by atoms with Gasteiger partial charge in [-0.15, -0.1) is 11.8 Å². The predicted molar refractivity (Wildman–Crippen MR) is 77.0 cm³/mol. The van der Waals surface area contributed by atoms with Crippen LogP contribution in [0.4, 0.5) is 4.39 Å². The van der Waals surface area contributed by atoms with Gasteiger partial charge in [0.25, 0.3) is 0 Å². The summed E-state index contributed by atoms with van der Waals surface area (Å²) in [5, 5.41) is 4.76. The van der Waals surface area contributed by atoms with E-state index in [-0.39, 0.29) is 11.9 Å². The third-order valence-electron chi connectivity index (χ3n) is 2.73. The van der Waals surface area contributed by atoms with Gasteiger partial charge in [-0.3, -0.25) is 4.68 Å². The Morgan fingerprint density at radius 3 is 2.74 bits per heavy atom. The van der Waals surface area contributed by atoms with Gasteiger partial charge in [0.05, 0.1) is 23.0 Å². The largest absolute Gasteiger partial charge is 0.322 e. The van der Waals surface area contributed by atoms with Crippen LogP contribution in [0.2, 0.25) is 5.02 Å². The zero-order valence-electron chi connectivity index (χ0n) is 10.5. The summed E-state index contributed by atoms with van der Waals surface area (Å²) >= 11 is 7.67.